The van der Waals surface area contributed by atoms with Crippen molar-refractivity contribution in [3.05, 3.63) is 0 Å². The Morgan fingerprint density at radius 1 is 1.22 bits per heavy atom. The number of hydrogen-bond donors (Lipinski definition) is 0. The van der Waals surface area contributed by atoms with Crippen molar-refractivity contribution in [2.24, 2.45) is 0 Å². The summed E-state index contributed by atoms with van der Waals surface area (Å²) < 4.78 is 0. The standard InChI is InChI=1S/C6H14ClN.H2O/c1-3-8(4-2)6-5-7;/h3-6H2,1-2H3;1H2. The smallest absolute Gasteiger partial charge is 0.0351 e. The highest BCUT2D eigenvalue weighted by Crippen LogP contribution is 1.86. The lowest BCUT2D eigenvalue weighted by Gasteiger charge is -2.14. The Morgan fingerprint density at radius 2 is 1.67 bits per heavy atom. The molecule has 58 valence electrons. The molecule has 0 atom stereocenters. The molecular formula is C6H16ClNO. The lowest BCUT2D eigenvalue weighted by molar-refractivity contribution is 0.323. The molecule has 0 aromatic carbocycles. The zero-order chi connectivity index (χ0) is 6.41. The van der Waals surface area contributed by atoms with Crippen molar-refractivity contribution < 1.29 is 5.48 Å². The summed E-state index contributed by atoms with van der Waals surface area (Å²) >= 11 is 5.51. The van der Waals surface area contributed by atoms with Crippen LogP contribution >= 0.6 is 11.6 Å². The van der Waals surface area contributed by atoms with Crippen LogP contribution in [-0.2, 0) is 0 Å². The molecule has 0 fully saturated rings. The third kappa shape index (κ3) is 6.09. The Hall–Kier alpha value is 0.210. The maximum Gasteiger partial charge on any atom is 0.0351 e. The SMILES string of the molecule is CCN(CC)CCCl.O. The lowest BCUT2D eigenvalue weighted by Crippen LogP contribution is -2.24. The van der Waals surface area contributed by atoms with Gasteiger partial charge in [0.25, 0.3) is 0 Å². The van der Waals surface area contributed by atoms with E-state index in [4.69, 9.17) is 11.6 Å². The van der Waals surface area contributed by atoms with Crippen LogP contribution in [0.15, 0.2) is 0 Å². The number of rotatable bonds is 4. The van der Waals surface area contributed by atoms with Crippen LogP contribution < -0.4 is 0 Å². The first-order chi connectivity index (χ1) is 3.85. The van der Waals surface area contributed by atoms with Gasteiger partial charge in [0.2, 0.25) is 0 Å². The van der Waals surface area contributed by atoms with E-state index in [2.05, 4.69) is 18.7 Å². The van der Waals surface area contributed by atoms with Crippen molar-refractivity contribution in [2.75, 3.05) is 25.5 Å². The maximum atomic E-state index is 5.51. The highest BCUT2D eigenvalue weighted by Gasteiger charge is 1.93. The molecule has 0 rings (SSSR count). The van der Waals surface area contributed by atoms with Gasteiger partial charge in [-0.05, 0) is 13.1 Å². The van der Waals surface area contributed by atoms with Crippen LogP contribution in [0.1, 0.15) is 13.8 Å². The minimum atomic E-state index is 0. The molecule has 0 amide bonds. The molecule has 0 aliphatic carbocycles. The third-order valence-corrected chi connectivity index (χ3v) is 1.46. The van der Waals surface area contributed by atoms with Gasteiger partial charge in [-0.1, -0.05) is 13.8 Å². The van der Waals surface area contributed by atoms with E-state index < -0.39 is 0 Å². The van der Waals surface area contributed by atoms with Crippen molar-refractivity contribution in [3.63, 3.8) is 0 Å². The van der Waals surface area contributed by atoms with Crippen molar-refractivity contribution in [2.45, 2.75) is 13.8 Å². The van der Waals surface area contributed by atoms with Gasteiger partial charge in [0.1, 0.15) is 0 Å². The minimum Gasteiger partial charge on any atom is -0.412 e. The van der Waals surface area contributed by atoms with Gasteiger partial charge in [0, 0.05) is 12.4 Å². The van der Waals surface area contributed by atoms with E-state index >= 15 is 0 Å². The van der Waals surface area contributed by atoms with Crippen molar-refractivity contribution >= 4 is 11.6 Å². The van der Waals surface area contributed by atoms with Gasteiger partial charge in [-0.15, -0.1) is 11.6 Å². The highest BCUT2D eigenvalue weighted by atomic mass is 35.5. The zero-order valence-corrected chi connectivity index (χ0v) is 6.91. The van der Waals surface area contributed by atoms with Gasteiger partial charge in [-0.3, -0.25) is 0 Å². The minimum absolute atomic E-state index is 0. The molecule has 0 radical (unpaired) electrons. The van der Waals surface area contributed by atoms with E-state index in [-0.39, 0.29) is 5.48 Å². The van der Waals surface area contributed by atoms with Crippen LogP contribution in [0.2, 0.25) is 0 Å². The predicted octanol–water partition coefficient (Wildman–Crippen LogP) is 0.742. The summed E-state index contributed by atoms with van der Waals surface area (Å²) in [5.41, 5.74) is 0. The molecule has 0 bridgehead atoms. The van der Waals surface area contributed by atoms with Gasteiger partial charge in [0.05, 0.1) is 0 Å². The second kappa shape index (κ2) is 8.21. The summed E-state index contributed by atoms with van der Waals surface area (Å²) in [7, 11) is 0. The van der Waals surface area contributed by atoms with Crippen LogP contribution in [0.5, 0.6) is 0 Å². The van der Waals surface area contributed by atoms with Crippen LogP contribution in [0.25, 0.3) is 0 Å². The Morgan fingerprint density at radius 3 is 1.78 bits per heavy atom. The number of halogens is 1. The van der Waals surface area contributed by atoms with Crippen LogP contribution in [-0.4, -0.2) is 35.9 Å². The van der Waals surface area contributed by atoms with E-state index in [0.717, 1.165) is 25.5 Å². The van der Waals surface area contributed by atoms with E-state index in [0.29, 0.717) is 0 Å². The molecule has 0 saturated heterocycles. The second-order valence-electron chi connectivity index (χ2n) is 1.72. The highest BCUT2D eigenvalue weighted by molar-refractivity contribution is 6.18. The maximum absolute atomic E-state index is 5.51. The molecule has 0 saturated carbocycles. The molecule has 2 nitrogen and oxygen atoms in total. The quantitative estimate of drug-likeness (QED) is 0.549. The predicted molar refractivity (Wildman–Crippen MR) is 42.1 cm³/mol. The molecule has 0 heterocycles. The van der Waals surface area contributed by atoms with Crippen LogP contribution in [0.3, 0.4) is 0 Å². The van der Waals surface area contributed by atoms with Crippen LogP contribution in [0, 0.1) is 0 Å². The van der Waals surface area contributed by atoms with Crippen LogP contribution in [0.4, 0.5) is 0 Å². The second-order valence-corrected chi connectivity index (χ2v) is 2.09. The summed E-state index contributed by atoms with van der Waals surface area (Å²) in [6.45, 7) is 7.55. The average Bonchev–Trinajstić information content (AvgIpc) is 1.83. The van der Waals surface area contributed by atoms with Gasteiger partial charge >= 0.3 is 0 Å². The Bertz CT molecular complexity index is 48.3. The fraction of sp³-hybridized carbons (Fsp3) is 1.00. The molecular weight excluding hydrogens is 138 g/mol. The molecule has 0 spiro atoms. The summed E-state index contributed by atoms with van der Waals surface area (Å²) in [6, 6.07) is 0. The largest absolute Gasteiger partial charge is 0.412 e. The number of alkyl halides is 1. The van der Waals surface area contributed by atoms with Crippen molar-refractivity contribution in [1.82, 2.24) is 4.90 Å². The van der Waals surface area contributed by atoms with Gasteiger partial charge in [-0.25, -0.2) is 0 Å². The number of hydrogen-bond acceptors (Lipinski definition) is 1. The monoisotopic (exact) mass is 153 g/mol. The first-order valence-electron chi connectivity index (χ1n) is 3.13. The molecule has 3 heteroatoms. The normalized spacial score (nSPS) is 9.33. The molecule has 2 N–H and O–H groups in total. The zero-order valence-electron chi connectivity index (χ0n) is 6.15. The first-order valence-corrected chi connectivity index (χ1v) is 3.66. The molecule has 0 unspecified atom stereocenters. The lowest BCUT2D eigenvalue weighted by atomic mass is 10.5. The fourth-order valence-corrected chi connectivity index (χ4v) is 0.898. The third-order valence-electron chi connectivity index (χ3n) is 1.30. The first kappa shape index (κ1) is 11.9. The summed E-state index contributed by atoms with van der Waals surface area (Å²) in [5, 5.41) is 0. The summed E-state index contributed by atoms with van der Waals surface area (Å²) in [6.07, 6.45) is 0. The van der Waals surface area contributed by atoms with Crippen molar-refractivity contribution in [3.8, 4) is 0 Å². The summed E-state index contributed by atoms with van der Waals surface area (Å²) in [5.74, 6) is 0.752. The van der Waals surface area contributed by atoms with Gasteiger partial charge in [0.15, 0.2) is 0 Å². The van der Waals surface area contributed by atoms with Crippen molar-refractivity contribution in [1.29, 1.82) is 0 Å². The molecule has 0 aromatic heterocycles. The summed E-state index contributed by atoms with van der Waals surface area (Å²) in [4.78, 5) is 2.30. The molecule has 9 heavy (non-hydrogen) atoms. The Labute approximate surface area is 62.1 Å². The Balaban J connectivity index is 0. The van der Waals surface area contributed by atoms with E-state index in [9.17, 15) is 0 Å². The van der Waals surface area contributed by atoms with E-state index in [1.165, 1.54) is 0 Å². The Kier molecular flexibility index (Phi) is 10.9. The molecule has 0 aliphatic heterocycles. The van der Waals surface area contributed by atoms with Gasteiger partial charge in [-0.2, -0.15) is 0 Å². The van der Waals surface area contributed by atoms with E-state index in [1.54, 1.807) is 0 Å². The average molecular weight is 154 g/mol. The topological polar surface area (TPSA) is 34.7 Å². The molecule has 0 aliphatic rings. The number of nitrogens with zero attached hydrogens (tertiary/aromatic N) is 1. The fourth-order valence-electron chi connectivity index (χ4n) is 0.659. The molecule has 0 aromatic rings. The van der Waals surface area contributed by atoms with Gasteiger partial charge < -0.3 is 10.4 Å². The van der Waals surface area contributed by atoms with E-state index in [1.807, 2.05) is 0 Å².